The molecule has 0 unspecified atom stereocenters. The molecule has 0 fully saturated rings. The van der Waals surface area contributed by atoms with E-state index in [1.165, 1.54) is 0 Å². The molecule has 0 amide bonds. The maximum absolute atomic E-state index is 11.2. The van der Waals surface area contributed by atoms with E-state index in [1.807, 2.05) is 13.0 Å². The van der Waals surface area contributed by atoms with E-state index in [4.69, 9.17) is 14.5 Å². The van der Waals surface area contributed by atoms with Crippen LogP contribution in [0.1, 0.15) is 13.3 Å². The molecule has 1 rings (SSSR count). The molecule has 4 nitrogen and oxygen atoms in total. The second-order valence-corrected chi connectivity index (χ2v) is 3.04. The third kappa shape index (κ3) is 4.04. The van der Waals surface area contributed by atoms with Crippen molar-refractivity contribution in [3.05, 3.63) is 42.7 Å². The molecule has 0 radical (unpaired) electrons. The zero-order valence-corrected chi connectivity index (χ0v) is 9.14. The Kier molecular flexibility index (Phi) is 4.92. The van der Waals surface area contributed by atoms with E-state index >= 15 is 0 Å². The Morgan fingerprint density at radius 2 is 2.00 bits per heavy atom. The van der Waals surface area contributed by atoms with E-state index in [2.05, 4.69) is 6.58 Å². The molecule has 4 heteroatoms. The van der Waals surface area contributed by atoms with Gasteiger partial charge in [-0.3, -0.25) is 9.78 Å². The fourth-order valence-electron chi connectivity index (χ4n) is 0.884. The number of hydrogen-bond acceptors (Lipinski definition) is 4. The molecule has 0 bridgehead atoms. The first-order chi connectivity index (χ1) is 7.74. The van der Waals surface area contributed by atoms with Crippen LogP contribution in [0.3, 0.4) is 0 Å². The Labute approximate surface area is 94.4 Å². The normalized spacial score (nSPS) is 9.31. The Morgan fingerprint density at radius 3 is 2.62 bits per heavy atom. The number of para-hydroxylation sites is 1. The van der Waals surface area contributed by atoms with E-state index in [0.717, 1.165) is 6.42 Å². The van der Waals surface area contributed by atoms with Crippen molar-refractivity contribution in [2.45, 2.75) is 13.3 Å². The van der Waals surface area contributed by atoms with Gasteiger partial charge in [0.2, 0.25) is 0 Å². The average Bonchev–Trinajstić information content (AvgIpc) is 2.34. The predicted molar refractivity (Wildman–Crippen MR) is 58.5 cm³/mol. The van der Waals surface area contributed by atoms with Gasteiger partial charge in [0.1, 0.15) is 0 Å². The fraction of sp³-hybridized carbons (Fsp3) is 0.250. The average molecular weight is 222 g/mol. The van der Waals surface area contributed by atoms with Crippen molar-refractivity contribution in [1.82, 2.24) is 0 Å². The van der Waals surface area contributed by atoms with Crippen LogP contribution in [-0.4, -0.2) is 12.6 Å². The van der Waals surface area contributed by atoms with E-state index in [1.54, 1.807) is 24.3 Å². The third-order valence-electron chi connectivity index (χ3n) is 1.65. The monoisotopic (exact) mass is 222 g/mol. The number of rotatable bonds is 6. The molecular weight excluding hydrogens is 208 g/mol. The van der Waals surface area contributed by atoms with Crippen LogP contribution in [0.5, 0.6) is 5.75 Å². The largest absolute Gasteiger partial charge is 0.460 e. The zero-order valence-electron chi connectivity index (χ0n) is 9.14. The first-order valence-electron chi connectivity index (χ1n) is 4.99. The molecule has 0 N–H and O–H groups in total. The van der Waals surface area contributed by atoms with E-state index in [9.17, 15) is 4.79 Å². The molecule has 0 saturated carbocycles. The summed E-state index contributed by atoms with van der Waals surface area (Å²) in [4.78, 5) is 20.8. The Balaban J connectivity index is 2.32. The van der Waals surface area contributed by atoms with Crippen LogP contribution in [0.2, 0.25) is 0 Å². The van der Waals surface area contributed by atoms with Gasteiger partial charge >= 0.3 is 5.97 Å². The second-order valence-electron chi connectivity index (χ2n) is 3.04. The zero-order chi connectivity index (χ0) is 11.8. The smallest absolute Gasteiger partial charge is 0.378 e. The molecule has 1 aromatic carbocycles. The lowest BCUT2D eigenvalue weighted by atomic mass is 10.3. The van der Waals surface area contributed by atoms with Gasteiger partial charge in [-0.25, -0.2) is 4.79 Å². The lowest BCUT2D eigenvalue weighted by molar-refractivity contribution is -0.185. The van der Waals surface area contributed by atoms with Crippen molar-refractivity contribution in [2.75, 3.05) is 6.61 Å². The maximum atomic E-state index is 11.2. The van der Waals surface area contributed by atoms with Crippen LogP contribution in [0.15, 0.2) is 42.7 Å². The lowest BCUT2D eigenvalue weighted by Gasteiger charge is -2.07. The van der Waals surface area contributed by atoms with Crippen LogP contribution in [-0.2, 0) is 14.4 Å². The first kappa shape index (κ1) is 12.1. The van der Waals surface area contributed by atoms with Gasteiger partial charge in [0.25, 0.3) is 5.76 Å². The first-order valence-corrected chi connectivity index (χ1v) is 4.99. The van der Waals surface area contributed by atoms with Gasteiger partial charge < -0.3 is 4.74 Å². The van der Waals surface area contributed by atoms with Crippen LogP contribution >= 0.6 is 0 Å². The number of benzene rings is 1. The molecule has 0 heterocycles. The van der Waals surface area contributed by atoms with Crippen molar-refractivity contribution in [1.29, 1.82) is 0 Å². The summed E-state index contributed by atoms with van der Waals surface area (Å²) in [5.74, 6) is -0.290. The van der Waals surface area contributed by atoms with Crippen molar-refractivity contribution < 1.29 is 19.3 Å². The van der Waals surface area contributed by atoms with Crippen molar-refractivity contribution in [3.63, 3.8) is 0 Å². The molecule has 0 atom stereocenters. The standard InChI is InChI=1S/C12H14O4/c1-3-9-14-12(13)10(2)15-16-11-7-5-4-6-8-11/h4-8H,2-3,9H2,1H3. The molecule has 0 aliphatic heterocycles. The van der Waals surface area contributed by atoms with Gasteiger partial charge in [0, 0.05) is 0 Å². The predicted octanol–water partition coefficient (Wildman–Crippen LogP) is 2.46. The van der Waals surface area contributed by atoms with E-state index in [0.29, 0.717) is 12.4 Å². The maximum Gasteiger partial charge on any atom is 0.378 e. The summed E-state index contributed by atoms with van der Waals surface area (Å²) in [5.41, 5.74) is 0. The SMILES string of the molecule is C=C(OOc1ccccc1)C(=O)OCCC. The molecule has 86 valence electrons. The summed E-state index contributed by atoms with van der Waals surface area (Å²) in [6, 6.07) is 8.82. The number of hydrogen-bond donors (Lipinski definition) is 0. The molecule has 1 aromatic rings. The molecule has 0 aliphatic carbocycles. The van der Waals surface area contributed by atoms with Gasteiger partial charge in [0.15, 0.2) is 5.75 Å². The number of carbonyl (C=O) groups is 1. The molecule has 16 heavy (non-hydrogen) atoms. The van der Waals surface area contributed by atoms with Gasteiger partial charge in [-0.15, -0.1) is 0 Å². The highest BCUT2D eigenvalue weighted by Gasteiger charge is 2.11. The van der Waals surface area contributed by atoms with E-state index < -0.39 is 5.97 Å². The fourth-order valence-corrected chi connectivity index (χ4v) is 0.884. The Hall–Kier alpha value is -1.97. The summed E-state index contributed by atoms with van der Waals surface area (Å²) >= 11 is 0. The minimum atomic E-state index is -0.613. The van der Waals surface area contributed by atoms with Crippen LogP contribution in [0.4, 0.5) is 0 Å². The molecule has 0 aromatic heterocycles. The van der Waals surface area contributed by atoms with Gasteiger partial charge in [0.05, 0.1) is 6.61 Å². The number of ether oxygens (including phenoxy) is 1. The second kappa shape index (κ2) is 6.50. The van der Waals surface area contributed by atoms with Gasteiger partial charge in [-0.05, 0) is 25.1 Å². The lowest BCUT2D eigenvalue weighted by Crippen LogP contribution is -2.11. The van der Waals surface area contributed by atoms with Gasteiger partial charge in [-0.2, -0.15) is 0 Å². The van der Waals surface area contributed by atoms with Crippen molar-refractivity contribution >= 4 is 5.97 Å². The van der Waals surface area contributed by atoms with Crippen LogP contribution in [0, 0.1) is 0 Å². The highest BCUT2D eigenvalue weighted by atomic mass is 17.2. The number of esters is 1. The molecule has 0 spiro atoms. The quantitative estimate of drug-likeness (QED) is 0.244. The van der Waals surface area contributed by atoms with Crippen LogP contribution in [0.25, 0.3) is 0 Å². The summed E-state index contributed by atoms with van der Waals surface area (Å²) in [6.45, 7) is 5.64. The topological polar surface area (TPSA) is 44.8 Å². The third-order valence-corrected chi connectivity index (χ3v) is 1.65. The Bertz CT molecular complexity index is 345. The minimum Gasteiger partial charge on any atom is -0.460 e. The van der Waals surface area contributed by atoms with Crippen LogP contribution < -0.4 is 4.89 Å². The summed E-state index contributed by atoms with van der Waals surface area (Å²) < 4.78 is 4.80. The minimum absolute atomic E-state index is 0.169. The summed E-state index contributed by atoms with van der Waals surface area (Å²) in [5, 5.41) is 0. The van der Waals surface area contributed by atoms with Crippen molar-refractivity contribution in [3.8, 4) is 5.75 Å². The molecular formula is C12H14O4. The summed E-state index contributed by atoms with van der Waals surface area (Å²) in [7, 11) is 0. The Morgan fingerprint density at radius 1 is 1.31 bits per heavy atom. The highest BCUT2D eigenvalue weighted by Crippen LogP contribution is 2.10. The highest BCUT2D eigenvalue weighted by molar-refractivity contribution is 5.85. The molecule has 0 aliphatic rings. The molecule has 0 saturated heterocycles. The number of carbonyl (C=O) groups excluding carboxylic acids is 1. The summed E-state index contributed by atoms with van der Waals surface area (Å²) in [6.07, 6.45) is 0.749. The van der Waals surface area contributed by atoms with E-state index in [-0.39, 0.29) is 5.76 Å². The van der Waals surface area contributed by atoms with Crippen molar-refractivity contribution in [2.24, 2.45) is 0 Å². The van der Waals surface area contributed by atoms with Gasteiger partial charge in [-0.1, -0.05) is 25.1 Å².